The second-order valence-electron chi connectivity index (χ2n) is 12.9. The molecule has 4 aliphatic rings. The third kappa shape index (κ3) is 3.79. The highest BCUT2D eigenvalue weighted by atomic mass is 16.3. The maximum Gasteiger partial charge on any atom is 0.136 e. The van der Waals surface area contributed by atoms with Crippen LogP contribution in [0.1, 0.15) is 86.0 Å². The molecule has 0 aromatic heterocycles. The molecule has 4 aliphatic carbocycles. The zero-order valence-electron chi connectivity index (χ0n) is 20.7. The fraction of sp³-hybridized carbons (Fsp3) is 0.963. The van der Waals surface area contributed by atoms with Crippen LogP contribution >= 0.6 is 0 Å². The molecule has 0 aromatic carbocycles. The predicted molar refractivity (Wildman–Crippen MR) is 124 cm³/mol. The average molecular weight is 451 g/mol. The summed E-state index contributed by atoms with van der Waals surface area (Å²) in [6.45, 7) is 10.6. The molecule has 5 nitrogen and oxygen atoms in total. The Labute approximate surface area is 194 Å². The molecule has 4 saturated carbocycles. The second kappa shape index (κ2) is 8.62. The third-order valence-electron chi connectivity index (χ3n) is 10.8. The number of hydrogen-bond donors (Lipinski definition) is 4. The summed E-state index contributed by atoms with van der Waals surface area (Å²) in [7, 11) is 0. The van der Waals surface area contributed by atoms with Gasteiger partial charge in [-0.2, -0.15) is 0 Å². The monoisotopic (exact) mass is 450 g/mol. The van der Waals surface area contributed by atoms with Crippen molar-refractivity contribution in [1.82, 2.24) is 0 Å². The summed E-state index contributed by atoms with van der Waals surface area (Å²) in [6, 6.07) is 0. The van der Waals surface area contributed by atoms with Crippen molar-refractivity contribution in [2.75, 3.05) is 0 Å². The van der Waals surface area contributed by atoms with Crippen molar-refractivity contribution in [2.24, 2.45) is 52.3 Å². The summed E-state index contributed by atoms with van der Waals surface area (Å²) in [5, 5.41) is 42.4. The van der Waals surface area contributed by atoms with Crippen molar-refractivity contribution in [3.05, 3.63) is 0 Å². The molecule has 4 fully saturated rings. The molecule has 5 heteroatoms. The van der Waals surface area contributed by atoms with Gasteiger partial charge in [-0.05, 0) is 91.3 Å². The van der Waals surface area contributed by atoms with Crippen LogP contribution in [0.15, 0.2) is 0 Å². The van der Waals surface area contributed by atoms with E-state index in [1.807, 2.05) is 13.8 Å². The number of ketones is 1. The quantitative estimate of drug-likeness (QED) is 0.513. The van der Waals surface area contributed by atoms with Gasteiger partial charge in [-0.1, -0.05) is 34.6 Å². The minimum atomic E-state index is -0.777. The van der Waals surface area contributed by atoms with Crippen LogP contribution in [0.2, 0.25) is 0 Å². The van der Waals surface area contributed by atoms with Crippen molar-refractivity contribution in [3.63, 3.8) is 0 Å². The van der Waals surface area contributed by atoms with Gasteiger partial charge in [-0.15, -0.1) is 0 Å². The van der Waals surface area contributed by atoms with Gasteiger partial charge in [0, 0.05) is 12.3 Å². The Kier molecular flexibility index (Phi) is 6.64. The molecule has 0 spiro atoms. The first kappa shape index (κ1) is 24.6. The van der Waals surface area contributed by atoms with Crippen LogP contribution in [0, 0.1) is 52.3 Å². The third-order valence-corrected chi connectivity index (χ3v) is 10.8. The Morgan fingerprint density at radius 1 is 0.969 bits per heavy atom. The van der Waals surface area contributed by atoms with Crippen LogP contribution in [0.25, 0.3) is 0 Å². The molecule has 0 bridgehead atoms. The normalized spacial score (nSPS) is 49.2. The minimum Gasteiger partial charge on any atom is -0.393 e. The topological polar surface area (TPSA) is 98.0 Å². The van der Waals surface area contributed by atoms with Gasteiger partial charge in [-0.25, -0.2) is 0 Å². The molecule has 0 aromatic rings. The van der Waals surface area contributed by atoms with E-state index >= 15 is 0 Å². The van der Waals surface area contributed by atoms with Crippen LogP contribution in [0.3, 0.4) is 0 Å². The summed E-state index contributed by atoms with van der Waals surface area (Å²) in [4.78, 5) is 13.3. The van der Waals surface area contributed by atoms with E-state index in [1.165, 1.54) is 0 Å². The van der Waals surface area contributed by atoms with Crippen LogP contribution < -0.4 is 0 Å². The maximum atomic E-state index is 13.3. The van der Waals surface area contributed by atoms with Gasteiger partial charge in [0.15, 0.2) is 0 Å². The highest BCUT2D eigenvalue weighted by molar-refractivity contribution is 5.83. The van der Waals surface area contributed by atoms with E-state index in [0.717, 1.165) is 32.1 Å². The number of aliphatic hydroxyl groups excluding tert-OH is 4. The maximum absolute atomic E-state index is 13.3. The SMILES string of the molecule is CC(C)[C@H](O)[C@H](O)C[C@@H](C)[C@H]1[C@@H](O)C[C@H]2[C@@H]3CC(=O)[C@H]4C[C@@H](O)CC[C@]4(C)[C@H]3CC[C@]12C. The molecule has 12 atom stereocenters. The van der Waals surface area contributed by atoms with Gasteiger partial charge in [0.25, 0.3) is 0 Å². The molecular weight excluding hydrogens is 404 g/mol. The Bertz CT molecular complexity index is 708. The van der Waals surface area contributed by atoms with E-state index in [4.69, 9.17) is 0 Å². The van der Waals surface area contributed by atoms with Crippen molar-refractivity contribution in [1.29, 1.82) is 0 Å². The summed E-state index contributed by atoms with van der Waals surface area (Å²) in [5.41, 5.74) is -0.0626. The Hall–Kier alpha value is -0.490. The van der Waals surface area contributed by atoms with E-state index < -0.39 is 18.3 Å². The standard InChI is InChI=1S/C27H46O5/c1-14(2)25(32)23(31)10-15(3)24-22(30)13-19-17-12-21(29)20-11-16(28)6-8-26(20,4)18(17)7-9-27(19,24)5/h14-20,22-25,28,30-32H,6-13H2,1-5H3/t15-,16+,17-,18+,19+,20-,22+,23-,24+,25+,26-,27+/m1/s1. The van der Waals surface area contributed by atoms with E-state index in [9.17, 15) is 25.2 Å². The van der Waals surface area contributed by atoms with E-state index in [0.29, 0.717) is 42.8 Å². The summed E-state index contributed by atoms with van der Waals surface area (Å²) >= 11 is 0. The lowest BCUT2D eigenvalue weighted by molar-refractivity contribution is -0.160. The fourth-order valence-corrected chi connectivity index (χ4v) is 9.21. The fourth-order valence-electron chi connectivity index (χ4n) is 9.21. The molecule has 184 valence electrons. The minimum absolute atomic E-state index is 0.000396. The lowest BCUT2D eigenvalue weighted by Crippen LogP contribution is -2.57. The highest BCUT2D eigenvalue weighted by Gasteiger charge is 2.64. The smallest absolute Gasteiger partial charge is 0.136 e. The predicted octanol–water partition coefficient (Wildman–Crippen LogP) is 3.56. The first-order chi connectivity index (χ1) is 14.9. The molecule has 0 heterocycles. The summed E-state index contributed by atoms with van der Waals surface area (Å²) < 4.78 is 0. The number of Topliss-reactive ketones (excluding diaryl/α,β-unsaturated/α-hetero) is 1. The van der Waals surface area contributed by atoms with Crippen molar-refractivity contribution < 1.29 is 25.2 Å². The van der Waals surface area contributed by atoms with Gasteiger partial charge in [0.2, 0.25) is 0 Å². The van der Waals surface area contributed by atoms with Gasteiger partial charge < -0.3 is 20.4 Å². The van der Waals surface area contributed by atoms with Gasteiger partial charge >= 0.3 is 0 Å². The van der Waals surface area contributed by atoms with E-state index in [2.05, 4.69) is 20.8 Å². The number of hydrogen-bond acceptors (Lipinski definition) is 5. The Balaban J connectivity index is 1.56. The molecular formula is C27H46O5. The molecule has 0 unspecified atom stereocenters. The zero-order chi connectivity index (χ0) is 23.6. The van der Waals surface area contributed by atoms with Gasteiger partial charge in [0.1, 0.15) is 5.78 Å². The second-order valence-corrected chi connectivity index (χ2v) is 12.9. The van der Waals surface area contributed by atoms with E-state index in [-0.39, 0.29) is 40.6 Å². The lowest BCUT2D eigenvalue weighted by atomic mass is 9.44. The summed E-state index contributed by atoms with van der Waals surface area (Å²) in [5.74, 6) is 1.64. The number of carbonyl (C=O) groups is 1. The molecule has 0 saturated heterocycles. The van der Waals surface area contributed by atoms with Gasteiger partial charge in [-0.3, -0.25) is 4.79 Å². The number of carbonyl (C=O) groups excluding carboxylic acids is 1. The molecule has 32 heavy (non-hydrogen) atoms. The Morgan fingerprint density at radius 2 is 1.62 bits per heavy atom. The van der Waals surface area contributed by atoms with Crippen LogP contribution in [0.4, 0.5) is 0 Å². The summed E-state index contributed by atoms with van der Waals surface area (Å²) in [6.07, 6.45) is 4.03. The first-order valence-electron chi connectivity index (χ1n) is 13.1. The lowest BCUT2D eigenvalue weighted by Gasteiger charge is -2.60. The van der Waals surface area contributed by atoms with Gasteiger partial charge in [0.05, 0.1) is 24.4 Å². The van der Waals surface area contributed by atoms with Crippen molar-refractivity contribution >= 4 is 5.78 Å². The van der Waals surface area contributed by atoms with Crippen LogP contribution in [-0.2, 0) is 4.79 Å². The first-order valence-corrected chi connectivity index (χ1v) is 13.1. The largest absolute Gasteiger partial charge is 0.393 e. The molecule has 4 rings (SSSR count). The number of aliphatic hydroxyl groups is 4. The number of fused-ring (bicyclic) bond motifs is 5. The molecule has 0 radical (unpaired) electrons. The highest BCUT2D eigenvalue weighted by Crippen LogP contribution is 2.67. The number of rotatable bonds is 5. The van der Waals surface area contributed by atoms with Crippen molar-refractivity contribution in [3.8, 4) is 0 Å². The van der Waals surface area contributed by atoms with Crippen LogP contribution in [-0.4, -0.2) is 50.6 Å². The molecule has 4 N–H and O–H groups in total. The Morgan fingerprint density at radius 3 is 2.28 bits per heavy atom. The van der Waals surface area contributed by atoms with E-state index in [1.54, 1.807) is 0 Å². The van der Waals surface area contributed by atoms with Crippen LogP contribution in [0.5, 0.6) is 0 Å². The average Bonchev–Trinajstić information content (AvgIpc) is 2.99. The zero-order valence-corrected chi connectivity index (χ0v) is 20.7. The van der Waals surface area contributed by atoms with Crippen molar-refractivity contribution in [2.45, 2.75) is 110 Å². The molecule has 0 amide bonds. The molecule has 0 aliphatic heterocycles.